The van der Waals surface area contributed by atoms with E-state index in [-0.39, 0.29) is 11.3 Å². The van der Waals surface area contributed by atoms with Crippen molar-refractivity contribution < 1.29 is 5.11 Å². The molecule has 0 aliphatic carbocycles. The van der Waals surface area contributed by atoms with Gasteiger partial charge in [0.15, 0.2) is 0 Å². The van der Waals surface area contributed by atoms with Crippen LogP contribution in [0.3, 0.4) is 0 Å². The van der Waals surface area contributed by atoms with Crippen LogP contribution >= 0.6 is 0 Å². The zero-order chi connectivity index (χ0) is 9.42. The maximum absolute atomic E-state index is 11.0. The zero-order valence-electron chi connectivity index (χ0n) is 7.03. The molecular formula is C9H8N2O2. The molecule has 2 aromatic rings. The van der Waals surface area contributed by atoms with Gasteiger partial charge in [0.25, 0.3) is 5.56 Å². The molecular weight excluding hydrogens is 168 g/mol. The lowest BCUT2D eigenvalue weighted by Gasteiger charge is -1.99. The molecule has 0 fully saturated rings. The summed E-state index contributed by atoms with van der Waals surface area (Å²) in [5.41, 5.74) is 1.60. The second-order valence-corrected chi connectivity index (χ2v) is 2.93. The van der Waals surface area contributed by atoms with Crippen LogP contribution in [0.4, 0.5) is 0 Å². The lowest BCUT2D eigenvalue weighted by molar-refractivity contribution is 0.479. The number of aromatic amines is 1. The Kier molecular flexibility index (Phi) is 1.55. The third kappa shape index (κ3) is 1.26. The number of hydrogen-bond acceptors (Lipinski definition) is 3. The van der Waals surface area contributed by atoms with E-state index in [2.05, 4.69) is 9.97 Å². The summed E-state index contributed by atoms with van der Waals surface area (Å²) in [5, 5.41) is 9.36. The monoisotopic (exact) mass is 176 g/mol. The molecule has 0 saturated carbocycles. The van der Waals surface area contributed by atoms with Crippen molar-refractivity contribution in [3.8, 4) is 5.75 Å². The van der Waals surface area contributed by atoms with E-state index in [1.807, 2.05) is 6.92 Å². The van der Waals surface area contributed by atoms with Crippen LogP contribution in [-0.4, -0.2) is 15.1 Å². The zero-order valence-corrected chi connectivity index (χ0v) is 7.03. The Morgan fingerprint density at radius 3 is 3.00 bits per heavy atom. The highest BCUT2D eigenvalue weighted by Gasteiger charge is 2.02. The Morgan fingerprint density at radius 1 is 1.46 bits per heavy atom. The minimum atomic E-state index is -0.322. The molecule has 2 rings (SSSR count). The SMILES string of the molecule is Cc1cnc2c(O)cc(=O)[nH]c2c1. The van der Waals surface area contributed by atoms with Gasteiger partial charge in [-0.3, -0.25) is 9.78 Å². The normalized spacial score (nSPS) is 10.5. The van der Waals surface area contributed by atoms with E-state index in [4.69, 9.17) is 0 Å². The molecule has 0 aliphatic heterocycles. The second kappa shape index (κ2) is 2.58. The van der Waals surface area contributed by atoms with Crippen LogP contribution in [0.2, 0.25) is 0 Å². The largest absolute Gasteiger partial charge is 0.505 e. The van der Waals surface area contributed by atoms with Crippen LogP contribution in [0.25, 0.3) is 11.0 Å². The Morgan fingerprint density at radius 2 is 2.23 bits per heavy atom. The van der Waals surface area contributed by atoms with Gasteiger partial charge in [-0.05, 0) is 18.6 Å². The van der Waals surface area contributed by atoms with Crippen molar-refractivity contribution in [2.75, 3.05) is 0 Å². The summed E-state index contributed by atoms with van der Waals surface area (Å²) in [7, 11) is 0. The number of H-pyrrole nitrogens is 1. The van der Waals surface area contributed by atoms with E-state index in [0.29, 0.717) is 11.0 Å². The lowest BCUT2D eigenvalue weighted by Crippen LogP contribution is -2.03. The second-order valence-electron chi connectivity index (χ2n) is 2.93. The molecule has 13 heavy (non-hydrogen) atoms. The fraction of sp³-hybridized carbons (Fsp3) is 0.111. The van der Waals surface area contributed by atoms with Gasteiger partial charge in [0, 0.05) is 12.3 Å². The molecule has 0 saturated heterocycles. The van der Waals surface area contributed by atoms with Crippen molar-refractivity contribution in [2.45, 2.75) is 6.92 Å². The van der Waals surface area contributed by atoms with Gasteiger partial charge in [0.05, 0.1) is 5.52 Å². The topological polar surface area (TPSA) is 66.0 Å². The van der Waals surface area contributed by atoms with Gasteiger partial charge in [0.1, 0.15) is 11.3 Å². The summed E-state index contributed by atoms with van der Waals surface area (Å²) >= 11 is 0. The Hall–Kier alpha value is -1.84. The fourth-order valence-corrected chi connectivity index (χ4v) is 1.23. The van der Waals surface area contributed by atoms with Crippen LogP contribution in [0, 0.1) is 6.92 Å². The summed E-state index contributed by atoms with van der Waals surface area (Å²) in [6, 6.07) is 2.88. The number of nitrogens with one attached hydrogen (secondary N) is 1. The summed E-state index contributed by atoms with van der Waals surface area (Å²) in [6.07, 6.45) is 1.64. The molecule has 4 nitrogen and oxygen atoms in total. The lowest BCUT2D eigenvalue weighted by atomic mass is 10.2. The predicted octanol–water partition coefficient (Wildman–Crippen LogP) is 0.937. The highest BCUT2D eigenvalue weighted by molar-refractivity contribution is 5.80. The molecule has 66 valence electrons. The van der Waals surface area contributed by atoms with E-state index in [1.165, 1.54) is 0 Å². The molecule has 2 aromatic heterocycles. The predicted molar refractivity (Wildman–Crippen MR) is 48.8 cm³/mol. The standard InChI is InChI=1S/C9H8N2O2/c1-5-2-6-9(10-4-5)7(12)3-8(13)11-6/h2-4H,1H3,(H2,11,12,13). The van der Waals surface area contributed by atoms with E-state index >= 15 is 0 Å². The quantitative estimate of drug-likeness (QED) is 0.627. The Bertz CT molecular complexity index is 516. The number of aryl methyl sites for hydroxylation is 1. The van der Waals surface area contributed by atoms with Gasteiger partial charge in [-0.2, -0.15) is 0 Å². The van der Waals surface area contributed by atoms with Crippen LogP contribution in [0.5, 0.6) is 5.75 Å². The molecule has 0 aromatic carbocycles. The number of nitrogens with zero attached hydrogens (tertiary/aromatic N) is 1. The van der Waals surface area contributed by atoms with Gasteiger partial charge in [-0.15, -0.1) is 0 Å². The van der Waals surface area contributed by atoms with E-state index in [1.54, 1.807) is 12.3 Å². The Labute approximate surface area is 73.9 Å². The van der Waals surface area contributed by atoms with E-state index in [9.17, 15) is 9.90 Å². The first-order valence-electron chi connectivity index (χ1n) is 3.85. The number of hydrogen-bond donors (Lipinski definition) is 2. The summed E-state index contributed by atoms with van der Waals surface area (Å²) in [4.78, 5) is 17.6. The third-order valence-electron chi connectivity index (χ3n) is 1.79. The first-order valence-corrected chi connectivity index (χ1v) is 3.85. The van der Waals surface area contributed by atoms with Crippen molar-refractivity contribution in [2.24, 2.45) is 0 Å². The van der Waals surface area contributed by atoms with Crippen molar-refractivity contribution in [1.29, 1.82) is 0 Å². The van der Waals surface area contributed by atoms with Crippen LogP contribution < -0.4 is 5.56 Å². The number of pyridine rings is 2. The molecule has 0 atom stereocenters. The van der Waals surface area contributed by atoms with E-state index < -0.39 is 0 Å². The van der Waals surface area contributed by atoms with Gasteiger partial charge in [-0.1, -0.05) is 0 Å². The van der Waals surface area contributed by atoms with Crippen LogP contribution in [0.15, 0.2) is 23.1 Å². The number of fused-ring (bicyclic) bond motifs is 1. The third-order valence-corrected chi connectivity index (χ3v) is 1.79. The van der Waals surface area contributed by atoms with Crippen molar-refractivity contribution in [3.05, 3.63) is 34.2 Å². The first-order chi connectivity index (χ1) is 6.16. The smallest absolute Gasteiger partial charge is 0.252 e. The van der Waals surface area contributed by atoms with Crippen molar-refractivity contribution in [3.63, 3.8) is 0 Å². The molecule has 0 bridgehead atoms. The van der Waals surface area contributed by atoms with Crippen molar-refractivity contribution in [1.82, 2.24) is 9.97 Å². The average Bonchev–Trinajstić information content (AvgIpc) is 2.02. The summed E-state index contributed by atoms with van der Waals surface area (Å²) in [6.45, 7) is 1.87. The number of rotatable bonds is 0. The molecule has 4 heteroatoms. The first kappa shape index (κ1) is 7.79. The maximum atomic E-state index is 11.0. The minimum absolute atomic E-state index is 0.0845. The van der Waals surface area contributed by atoms with Gasteiger partial charge in [-0.25, -0.2) is 0 Å². The molecule has 0 unspecified atom stereocenters. The van der Waals surface area contributed by atoms with E-state index in [0.717, 1.165) is 11.6 Å². The maximum Gasteiger partial charge on any atom is 0.252 e. The Balaban J connectivity index is 2.94. The van der Waals surface area contributed by atoms with Gasteiger partial charge < -0.3 is 10.1 Å². The summed E-state index contributed by atoms with van der Waals surface area (Å²) < 4.78 is 0. The average molecular weight is 176 g/mol. The highest BCUT2D eigenvalue weighted by Crippen LogP contribution is 2.17. The summed E-state index contributed by atoms with van der Waals surface area (Å²) in [5.74, 6) is -0.0845. The van der Waals surface area contributed by atoms with Crippen LogP contribution in [0.1, 0.15) is 5.56 Å². The molecule has 2 N–H and O–H groups in total. The highest BCUT2D eigenvalue weighted by atomic mass is 16.3. The van der Waals surface area contributed by atoms with Gasteiger partial charge >= 0.3 is 0 Å². The molecule has 0 radical (unpaired) electrons. The van der Waals surface area contributed by atoms with Gasteiger partial charge in [0.2, 0.25) is 0 Å². The van der Waals surface area contributed by atoms with Crippen LogP contribution in [-0.2, 0) is 0 Å². The van der Waals surface area contributed by atoms with Crippen molar-refractivity contribution >= 4 is 11.0 Å². The molecule has 0 aliphatic rings. The number of aromatic nitrogens is 2. The molecule has 2 heterocycles. The molecule has 0 spiro atoms. The number of aromatic hydroxyl groups is 1. The fourth-order valence-electron chi connectivity index (χ4n) is 1.23. The molecule has 0 amide bonds. The minimum Gasteiger partial charge on any atom is -0.505 e.